The molecule has 3 heteroatoms. The van der Waals surface area contributed by atoms with Crippen LogP contribution in [0.3, 0.4) is 0 Å². The van der Waals surface area contributed by atoms with Crippen molar-refractivity contribution in [3.63, 3.8) is 0 Å². The Morgan fingerprint density at radius 1 is 1.11 bits per heavy atom. The summed E-state index contributed by atoms with van der Waals surface area (Å²) in [4.78, 5) is 0. The van der Waals surface area contributed by atoms with Gasteiger partial charge in [0, 0.05) is 5.02 Å². The Balaban J connectivity index is 2.31. The molecule has 0 spiro atoms. The normalized spacial score (nSPS) is 12.4. The van der Waals surface area contributed by atoms with E-state index in [1.807, 2.05) is 24.3 Å². The minimum atomic E-state index is 0.0693. The highest BCUT2D eigenvalue weighted by molar-refractivity contribution is 6.31. The van der Waals surface area contributed by atoms with Crippen molar-refractivity contribution in [2.45, 2.75) is 26.3 Å². The first-order valence-corrected chi connectivity index (χ1v) is 6.77. The summed E-state index contributed by atoms with van der Waals surface area (Å²) in [7, 11) is 0. The molecular weight excluding hydrogens is 256 g/mol. The second-order valence-corrected chi connectivity index (χ2v) is 5.21. The van der Waals surface area contributed by atoms with E-state index in [0.29, 0.717) is 0 Å². The Labute approximate surface area is 119 Å². The number of benzene rings is 2. The molecule has 1 atom stereocenters. The highest BCUT2D eigenvalue weighted by Crippen LogP contribution is 2.26. The monoisotopic (exact) mass is 274 g/mol. The lowest BCUT2D eigenvalue weighted by atomic mass is 9.93. The number of rotatable bonds is 4. The Hall–Kier alpha value is -1.35. The standard InChI is InChI=1S/C16H19ClN2/c1-11-6-5-8-14(12(11)2)16(19-18)10-13-7-3-4-9-15(13)17/h3-9,16,19H,10,18H2,1-2H3. The average molecular weight is 275 g/mol. The van der Waals surface area contributed by atoms with Gasteiger partial charge < -0.3 is 0 Å². The first-order chi connectivity index (χ1) is 9.13. The molecule has 0 radical (unpaired) electrons. The van der Waals surface area contributed by atoms with Gasteiger partial charge in [0.15, 0.2) is 0 Å². The zero-order valence-electron chi connectivity index (χ0n) is 11.3. The quantitative estimate of drug-likeness (QED) is 0.659. The first-order valence-electron chi connectivity index (χ1n) is 6.39. The molecule has 0 saturated heterocycles. The molecule has 3 N–H and O–H groups in total. The molecule has 2 nitrogen and oxygen atoms in total. The van der Waals surface area contributed by atoms with Gasteiger partial charge in [0.2, 0.25) is 0 Å². The van der Waals surface area contributed by atoms with Crippen molar-refractivity contribution in [3.8, 4) is 0 Å². The number of hydrogen-bond acceptors (Lipinski definition) is 2. The molecular formula is C16H19ClN2. The maximum atomic E-state index is 6.22. The highest BCUT2D eigenvalue weighted by atomic mass is 35.5. The maximum absolute atomic E-state index is 6.22. The third-order valence-corrected chi connectivity index (χ3v) is 3.97. The van der Waals surface area contributed by atoms with Gasteiger partial charge in [-0.2, -0.15) is 0 Å². The third-order valence-electron chi connectivity index (χ3n) is 3.61. The molecule has 100 valence electrons. The van der Waals surface area contributed by atoms with Gasteiger partial charge in [-0.15, -0.1) is 0 Å². The van der Waals surface area contributed by atoms with Crippen LogP contribution in [0.4, 0.5) is 0 Å². The van der Waals surface area contributed by atoms with E-state index in [-0.39, 0.29) is 6.04 Å². The molecule has 0 aromatic heterocycles. The summed E-state index contributed by atoms with van der Waals surface area (Å²) >= 11 is 6.22. The molecule has 0 saturated carbocycles. The van der Waals surface area contributed by atoms with Gasteiger partial charge in [-0.3, -0.25) is 11.3 Å². The van der Waals surface area contributed by atoms with Crippen LogP contribution in [-0.4, -0.2) is 0 Å². The Kier molecular flexibility index (Phi) is 4.59. The van der Waals surface area contributed by atoms with E-state index >= 15 is 0 Å². The van der Waals surface area contributed by atoms with E-state index in [2.05, 4.69) is 37.5 Å². The van der Waals surface area contributed by atoms with Gasteiger partial charge in [0.25, 0.3) is 0 Å². The number of halogens is 1. The van der Waals surface area contributed by atoms with Gasteiger partial charge in [-0.25, -0.2) is 0 Å². The van der Waals surface area contributed by atoms with Gasteiger partial charge >= 0.3 is 0 Å². The fourth-order valence-electron chi connectivity index (χ4n) is 2.29. The van der Waals surface area contributed by atoms with Crippen LogP contribution in [0.5, 0.6) is 0 Å². The van der Waals surface area contributed by atoms with Crippen molar-refractivity contribution >= 4 is 11.6 Å². The van der Waals surface area contributed by atoms with E-state index in [1.54, 1.807) is 0 Å². The molecule has 2 rings (SSSR count). The molecule has 2 aromatic rings. The SMILES string of the molecule is Cc1cccc(C(Cc2ccccc2Cl)NN)c1C. The zero-order valence-corrected chi connectivity index (χ0v) is 12.0. The smallest absolute Gasteiger partial charge is 0.0503 e. The van der Waals surface area contributed by atoms with Gasteiger partial charge in [-0.05, 0) is 48.6 Å². The lowest BCUT2D eigenvalue weighted by Crippen LogP contribution is -2.30. The largest absolute Gasteiger partial charge is 0.271 e. The summed E-state index contributed by atoms with van der Waals surface area (Å²) in [5, 5.41) is 0.785. The topological polar surface area (TPSA) is 38.0 Å². The molecule has 0 aliphatic heterocycles. The minimum Gasteiger partial charge on any atom is -0.271 e. The highest BCUT2D eigenvalue weighted by Gasteiger charge is 2.15. The number of nitrogens with two attached hydrogens (primary N) is 1. The summed E-state index contributed by atoms with van der Waals surface area (Å²) in [5.41, 5.74) is 7.78. The molecule has 2 aromatic carbocycles. The second kappa shape index (κ2) is 6.20. The van der Waals surface area contributed by atoms with Crippen LogP contribution in [0, 0.1) is 13.8 Å². The van der Waals surface area contributed by atoms with Crippen molar-refractivity contribution in [3.05, 3.63) is 69.7 Å². The average Bonchev–Trinajstić information content (AvgIpc) is 2.41. The molecule has 1 unspecified atom stereocenters. The van der Waals surface area contributed by atoms with Crippen LogP contribution in [0.25, 0.3) is 0 Å². The van der Waals surface area contributed by atoms with Crippen molar-refractivity contribution in [1.29, 1.82) is 0 Å². The van der Waals surface area contributed by atoms with E-state index < -0.39 is 0 Å². The van der Waals surface area contributed by atoms with Crippen LogP contribution in [0.1, 0.15) is 28.3 Å². The van der Waals surface area contributed by atoms with E-state index in [9.17, 15) is 0 Å². The van der Waals surface area contributed by atoms with Crippen molar-refractivity contribution in [2.24, 2.45) is 5.84 Å². The number of hydrazine groups is 1. The minimum absolute atomic E-state index is 0.0693. The van der Waals surface area contributed by atoms with Crippen LogP contribution in [-0.2, 0) is 6.42 Å². The summed E-state index contributed by atoms with van der Waals surface area (Å²) in [6.45, 7) is 4.24. The molecule has 0 aliphatic carbocycles. The van der Waals surface area contributed by atoms with Crippen LogP contribution >= 0.6 is 11.6 Å². The van der Waals surface area contributed by atoms with Crippen molar-refractivity contribution < 1.29 is 0 Å². The fourth-order valence-corrected chi connectivity index (χ4v) is 2.51. The Morgan fingerprint density at radius 2 is 1.84 bits per heavy atom. The van der Waals surface area contributed by atoms with Crippen LogP contribution in [0.15, 0.2) is 42.5 Å². The van der Waals surface area contributed by atoms with Crippen LogP contribution < -0.4 is 11.3 Å². The number of nitrogens with one attached hydrogen (secondary N) is 1. The summed E-state index contributed by atoms with van der Waals surface area (Å²) in [6.07, 6.45) is 0.778. The van der Waals surface area contributed by atoms with E-state index in [1.165, 1.54) is 16.7 Å². The number of aryl methyl sites for hydroxylation is 1. The van der Waals surface area contributed by atoms with E-state index in [4.69, 9.17) is 17.4 Å². The number of hydrogen-bond donors (Lipinski definition) is 2. The molecule has 19 heavy (non-hydrogen) atoms. The molecule has 0 amide bonds. The third kappa shape index (κ3) is 3.16. The van der Waals surface area contributed by atoms with Gasteiger partial charge in [0.05, 0.1) is 6.04 Å². The lowest BCUT2D eigenvalue weighted by molar-refractivity contribution is 0.549. The van der Waals surface area contributed by atoms with Crippen LogP contribution in [0.2, 0.25) is 5.02 Å². The first kappa shape index (κ1) is 14.1. The van der Waals surface area contributed by atoms with E-state index in [0.717, 1.165) is 17.0 Å². The molecule has 0 bridgehead atoms. The molecule has 0 fully saturated rings. The second-order valence-electron chi connectivity index (χ2n) is 4.80. The Bertz CT molecular complexity index is 566. The summed E-state index contributed by atoms with van der Waals surface area (Å²) in [6, 6.07) is 14.2. The predicted octanol–water partition coefficient (Wildman–Crippen LogP) is 3.70. The predicted molar refractivity (Wildman–Crippen MR) is 81.1 cm³/mol. The zero-order chi connectivity index (χ0) is 13.8. The summed E-state index contributed by atoms with van der Waals surface area (Å²) < 4.78 is 0. The molecule has 0 heterocycles. The summed E-state index contributed by atoms with van der Waals surface area (Å²) in [5.74, 6) is 5.73. The maximum Gasteiger partial charge on any atom is 0.0503 e. The fraction of sp³-hybridized carbons (Fsp3) is 0.250. The van der Waals surface area contributed by atoms with Crippen molar-refractivity contribution in [1.82, 2.24) is 5.43 Å². The van der Waals surface area contributed by atoms with Gasteiger partial charge in [0.1, 0.15) is 0 Å². The molecule has 0 aliphatic rings. The van der Waals surface area contributed by atoms with Crippen molar-refractivity contribution in [2.75, 3.05) is 0 Å². The van der Waals surface area contributed by atoms with Gasteiger partial charge in [-0.1, -0.05) is 48.0 Å². The Morgan fingerprint density at radius 3 is 2.53 bits per heavy atom. The lowest BCUT2D eigenvalue weighted by Gasteiger charge is -2.20.